The number of piperazine rings is 1. The van der Waals surface area contributed by atoms with Crippen molar-refractivity contribution in [2.24, 2.45) is 11.5 Å². The van der Waals surface area contributed by atoms with E-state index < -0.39 is 12.1 Å². The first-order valence-electron chi connectivity index (χ1n) is 14.2. The third kappa shape index (κ3) is 6.53. The van der Waals surface area contributed by atoms with Crippen molar-refractivity contribution in [2.45, 2.75) is 56.8 Å². The predicted molar refractivity (Wildman–Crippen MR) is 160 cm³/mol. The molecule has 5 N–H and O–H groups in total. The molecule has 1 aliphatic heterocycles. The van der Waals surface area contributed by atoms with E-state index in [1.807, 2.05) is 67.6 Å². The van der Waals surface area contributed by atoms with E-state index in [1.54, 1.807) is 22.2 Å². The van der Waals surface area contributed by atoms with Crippen LogP contribution in [0.15, 0.2) is 73.1 Å². The molecule has 1 fully saturated rings. The SMILES string of the molecule is C[C@@H]1CN(C(=O)C(N)Cc2cnc3ccccc3c2)[C@@H](CCCO)CN1C(=O)C(N)Cc1cnc2ccccc2c1. The second-order valence-corrected chi connectivity index (χ2v) is 11.0. The number of hydrogen-bond donors (Lipinski definition) is 3. The fourth-order valence-corrected chi connectivity index (χ4v) is 5.75. The molecule has 0 saturated carbocycles. The molecule has 2 aromatic carbocycles. The van der Waals surface area contributed by atoms with Crippen LogP contribution >= 0.6 is 0 Å². The quantitative estimate of drug-likeness (QED) is 0.289. The predicted octanol–water partition coefficient (Wildman–Crippen LogP) is 2.42. The minimum atomic E-state index is -0.744. The number of fused-ring (bicyclic) bond motifs is 2. The fraction of sp³-hybridized carbons (Fsp3) is 0.375. The van der Waals surface area contributed by atoms with Crippen molar-refractivity contribution in [1.29, 1.82) is 0 Å². The lowest BCUT2D eigenvalue weighted by Crippen LogP contribution is -2.64. The van der Waals surface area contributed by atoms with Crippen LogP contribution in [0, 0.1) is 0 Å². The fourth-order valence-electron chi connectivity index (χ4n) is 5.75. The summed E-state index contributed by atoms with van der Waals surface area (Å²) in [6, 6.07) is 17.7. The summed E-state index contributed by atoms with van der Waals surface area (Å²) in [4.78, 5) is 39.7. The Morgan fingerprint density at radius 1 is 0.854 bits per heavy atom. The number of aliphatic hydroxyl groups is 1. The summed E-state index contributed by atoms with van der Waals surface area (Å²) in [6.07, 6.45) is 5.35. The smallest absolute Gasteiger partial charge is 0.240 e. The van der Waals surface area contributed by atoms with Gasteiger partial charge in [-0.1, -0.05) is 36.4 Å². The summed E-state index contributed by atoms with van der Waals surface area (Å²) in [7, 11) is 0. The number of hydrogen-bond acceptors (Lipinski definition) is 7. The van der Waals surface area contributed by atoms with Crippen LogP contribution in [0.1, 0.15) is 30.9 Å². The molecule has 3 heterocycles. The van der Waals surface area contributed by atoms with Gasteiger partial charge < -0.3 is 26.4 Å². The van der Waals surface area contributed by atoms with Crippen molar-refractivity contribution in [2.75, 3.05) is 19.7 Å². The van der Waals surface area contributed by atoms with Gasteiger partial charge in [-0.05, 0) is 68.0 Å². The molecule has 1 aliphatic rings. The minimum absolute atomic E-state index is 0.00528. The van der Waals surface area contributed by atoms with Crippen LogP contribution in [-0.4, -0.2) is 80.6 Å². The number of carbonyl (C=O) groups excluding carboxylic acids is 2. The molecule has 1 saturated heterocycles. The molecule has 2 aromatic heterocycles. The Hall–Kier alpha value is -3.92. The highest BCUT2D eigenvalue weighted by Gasteiger charge is 2.39. The largest absolute Gasteiger partial charge is 0.396 e. The standard InChI is InChI=1S/C32H38N6O3/c1-21-19-38(32(41)28(34)16-23-14-25-8-3-5-11-30(25)36-18-23)26(9-6-12-39)20-37(21)31(40)27(33)15-22-13-24-7-2-4-10-29(24)35-17-22/h2-5,7-8,10-11,13-14,17-18,21,26-28,39H,6,9,12,15-16,19-20,33-34H2,1H3/t21-,26+,27?,28?/m1/s1. The van der Waals surface area contributed by atoms with Crippen LogP contribution in [0.5, 0.6) is 0 Å². The summed E-state index contributed by atoms with van der Waals surface area (Å²) in [6.45, 7) is 2.64. The maximum atomic E-state index is 13.6. The molecular weight excluding hydrogens is 516 g/mol. The van der Waals surface area contributed by atoms with Crippen molar-refractivity contribution >= 4 is 33.6 Å². The third-order valence-electron chi connectivity index (χ3n) is 7.94. The van der Waals surface area contributed by atoms with Crippen molar-refractivity contribution in [3.05, 3.63) is 84.2 Å². The Balaban J connectivity index is 1.26. The van der Waals surface area contributed by atoms with Gasteiger partial charge in [0.05, 0.1) is 23.1 Å². The van der Waals surface area contributed by atoms with Gasteiger partial charge in [0.25, 0.3) is 0 Å². The summed E-state index contributed by atoms with van der Waals surface area (Å²) in [5, 5.41) is 11.5. The minimum Gasteiger partial charge on any atom is -0.396 e. The number of nitrogens with zero attached hydrogens (tertiary/aromatic N) is 4. The van der Waals surface area contributed by atoms with E-state index in [4.69, 9.17) is 11.5 Å². The van der Waals surface area contributed by atoms with E-state index in [2.05, 4.69) is 9.97 Å². The number of carbonyl (C=O) groups is 2. The Labute approximate surface area is 240 Å². The first kappa shape index (κ1) is 28.6. The number of rotatable bonds is 9. The molecule has 9 heteroatoms. The van der Waals surface area contributed by atoms with E-state index in [-0.39, 0.29) is 30.5 Å². The molecule has 9 nitrogen and oxygen atoms in total. The van der Waals surface area contributed by atoms with E-state index in [1.165, 1.54) is 0 Å². The first-order valence-corrected chi connectivity index (χ1v) is 14.2. The molecule has 2 unspecified atom stereocenters. The lowest BCUT2D eigenvalue weighted by atomic mass is 9.98. The Morgan fingerprint density at radius 3 is 1.90 bits per heavy atom. The zero-order valence-electron chi connectivity index (χ0n) is 23.4. The van der Waals surface area contributed by atoms with Crippen molar-refractivity contribution < 1.29 is 14.7 Å². The zero-order valence-corrected chi connectivity index (χ0v) is 23.4. The Bertz CT molecular complexity index is 1530. The maximum absolute atomic E-state index is 13.6. The van der Waals surface area contributed by atoms with Gasteiger partial charge in [-0.3, -0.25) is 19.6 Å². The topological polar surface area (TPSA) is 139 Å². The lowest BCUT2D eigenvalue weighted by Gasteiger charge is -2.46. The Morgan fingerprint density at radius 2 is 1.37 bits per heavy atom. The number of aromatic nitrogens is 2. The molecule has 0 aliphatic carbocycles. The highest BCUT2D eigenvalue weighted by molar-refractivity contribution is 5.85. The molecule has 41 heavy (non-hydrogen) atoms. The molecule has 4 aromatic rings. The van der Waals surface area contributed by atoms with Crippen molar-refractivity contribution in [3.63, 3.8) is 0 Å². The van der Waals surface area contributed by atoms with Crippen LogP contribution in [0.2, 0.25) is 0 Å². The second kappa shape index (κ2) is 12.7. The lowest BCUT2D eigenvalue weighted by molar-refractivity contribution is -0.148. The van der Waals surface area contributed by atoms with Crippen molar-refractivity contribution in [1.82, 2.24) is 19.8 Å². The summed E-state index contributed by atoms with van der Waals surface area (Å²) in [5.74, 6) is -0.315. The highest BCUT2D eigenvalue weighted by Crippen LogP contribution is 2.23. The summed E-state index contributed by atoms with van der Waals surface area (Å²) < 4.78 is 0. The maximum Gasteiger partial charge on any atom is 0.240 e. The second-order valence-electron chi connectivity index (χ2n) is 11.0. The van der Waals surface area contributed by atoms with E-state index in [9.17, 15) is 14.7 Å². The number of para-hydroxylation sites is 2. The van der Waals surface area contributed by atoms with Gasteiger partial charge in [-0.15, -0.1) is 0 Å². The first-order chi connectivity index (χ1) is 19.8. The molecule has 2 amide bonds. The number of nitrogens with two attached hydrogens (primary N) is 2. The van der Waals surface area contributed by atoms with Crippen LogP contribution in [0.4, 0.5) is 0 Å². The summed E-state index contributed by atoms with van der Waals surface area (Å²) in [5.41, 5.74) is 16.5. The van der Waals surface area contributed by atoms with Crippen LogP contribution in [0.3, 0.4) is 0 Å². The van der Waals surface area contributed by atoms with Gasteiger partial charge >= 0.3 is 0 Å². The van der Waals surface area contributed by atoms with E-state index in [0.717, 1.165) is 32.9 Å². The van der Waals surface area contributed by atoms with Gasteiger partial charge in [0.15, 0.2) is 0 Å². The average molecular weight is 555 g/mol. The number of benzene rings is 2. The Kier molecular flexibility index (Phi) is 8.87. The van der Waals surface area contributed by atoms with E-state index in [0.29, 0.717) is 38.8 Å². The van der Waals surface area contributed by atoms with Gasteiger partial charge in [0.2, 0.25) is 11.8 Å². The molecule has 4 atom stereocenters. The zero-order chi connectivity index (χ0) is 28.9. The third-order valence-corrected chi connectivity index (χ3v) is 7.94. The monoisotopic (exact) mass is 554 g/mol. The average Bonchev–Trinajstić information content (AvgIpc) is 2.99. The number of amides is 2. The molecule has 5 rings (SSSR count). The molecular formula is C32H38N6O3. The van der Waals surface area contributed by atoms with Crippen LogP contribution in [0.25, 0.3) is 21.8 Å². The molecule has 0 bridgehead atoms. The van der Waals surface area contributed by atoms with E-state index >= 15 is 0 Å². The summed E-state index contributed by atoms with van der Waals surface area (Å²) >= 11 is 0. The highest BCUT2D eigenvalue weighted by atomic mass is 16.3. The van der Waals surface area contributed by atoms with Gasteiger partial charge in [-0.25, -0.2) is 0 Å². The normalized spacial score (nSPS) is 18.9. The van der Waals surface area contributed by atoms with Gasteiger partial charge in [0.1, 0.15) is 0 Å². The number of pyridine rings is 2. The van der Waals surface area contributed by atoms with Crippen molar-refractivity contribution in [3.8, 4) is 0 Å². The van der Waals surface area contributed by atoms with Gasteiger partial charge in [-0.2, -0.15) is 0 Å². The van der Waals surface area contributed by atoms with Crippen LogP contribution < -0.4 is 11.5 Å². The molecule has 0 radical (unpaired) electrons. The molecule has 0 spiro atoms. The van der Waals surface area contributed by atoms with Crippen LogP contribution in [-0.2, 0) is 22.4 Å². The number of aliphatic hydroxyl groups excluding tert-OH is 1. The van der Waals surface area contributed by atoms with Gasteiger partial charge in [0, 0.05) is 54.9 Å². The molecule has 214 valence electrons.